The first-order valence-corrected chi connectivity index (χ1v) is 7.38. The third kappa shape index (κ3) is 3.38. The van der Waals surface area contributed by atoms with Crippen LogP contribution in [0.5, 0.6) is 11.5 Å². The number of hydrogen-bond donors (Lipinski definition) is 2. The number of aromatic nitrogens is 2. The van der Waals surface area contributed by atoms with Crippen molar-refractivity contribution >= 4 is 17.3 Å². The Kier molecular flexibility index (Phi) is 4.47. The lowest BCUT2D eigenvalue weighted by molar-refractivity contribution is 0.355. The van der Waals surface area contributed by atoms with Gasteiger partial charge in [0.05, 0.1) is 14.2 Å². The van der Waals surface area contributed by atoms with Crippen molar-refractivity contribution in [2.24, 2.45) is 0 Å². The summed E-state index contributed by atoms with van der Waals surface area (Å²) >= 11 is 0. The predicted molar refractivity (Wildman–Crippen MR) is 94.7 cm³/mol. The van der Waals surface area contributed by atoms with Gasteiger partial charge < -0.3 is 20.5 Å². The van der Waals surface area contributed by atoms with E-state index < -0.39 is 0 Å². The van der Waals surface area contributed by atoms with Gasteiger partial charge in [0.1, 0.15) is 11.6 Å². The molecule has 122 valence electrons. The summed E-state index contributed by atoms with van der Waals surface area (Å²) in [6, 6.07) is 16.9. The normalized spacial score (nSPS) is 10.2. The fraction of sp³-hybridized carbons (Fsp3) is 0.111. The van der Waals surface area contributed by atoms with Gasteiger partial charge in [0.25, 0.3) is 0 Å². The van der Waals surface area contributed by atoms with Gasteiger partial charge >= 0.3 is 0 Å². The molecule has 3 N–H and O–H groups in total. The highest BCUT2D eigenvalue weighted by atomic mass is 16.5. The van der Waals surface area contributed by atoms with Crippen molar-refractivity contribution in [3.8, 4) is 22.9 Å². The minimum atomic E-state index is 0.383. The molecule has 0 radical (unpaired) electrons. The van der Waals surface area contributed by atoms with E-state index in [-0.39, 0.29) is 0 Å². The molecule has 6 nitrogen and oxygen atoms in total. The summed E-state index contributed by atoms with van der Waals surface area (Å²) in [5.74, 6) is 2.77. The molecule has 0 atom stereocenters. The molecule has 3 aromatic rings. The van der Waals surface area contributed by atoms with E-state index >= 15 is 0 Å². The zero-order chi connectivity index (χ0) is 16.9. The number of nitrogens with two attached hydrogens (primary N) is 1. The van der Waals surface area contributed by atoms with Crippen molar-refractivity contribution < 1.29 is 9.47 Å². The molecule has 24 heavy (non-hydrogen) atoms. The lowest BCUT2D eigenvalue weighted by Gasteiger charge is -2.11. The Bertz CT molecular complexity index is 838. The van der Waals surface area contributed by atoms with Gasteiger partial charge in [-0.3, -0.25) is 0 Å². The van der Waals surface area contributed by atoms with Gasteiger partial charge in [0.15, 0.2) is 17.3 Å². The fourth-order valence-electron chi connectivity index (χ4n) is 2.30. The van der Waals surface area contributed by atoms with Crippen LogP contribution in [-0.4, -0.2) is 24.2 Å². The third-order valence-electron chi connectivity index (χ3n) is 3.43. The third-order valence-corrected chi connectivity index (χ3v) is 3.43. The number of anilines is 3. The number of nitrogens with zero attached hydrogens (tertiary/aromatic N) is 2. The minimum Gasteiger partial charge on any atom is -0.493 e. The second-order valence-corrected chi connectivity index (χ2v) is 5.06. The second kappa shape index (κ2) is 6.87. The Balaban J connectivity index is 1.97. The molecule has 3 rings (SSSR count). The number of rotatable bonds is 5. The van der Waals surface area contributed by atoms with Crippen LogP contribution in [0.4, 0.5) is 17.3 Å². The van der Waals surface area contributed by atoms with Crippen LogP contribution in [0.2, 0.25) is 0 Å². The van der Waals surface area contributed by atoms with Crippen LogP contribution in [0.25, 0.3) is 11.4 Å². The molecule has 0 aliphatic rings. The van der Waals surface area contributed by atoms with E-state index in [0.717, 1.165) is 11.3 Å². The molecule has 0 spiro atoms. The molecule has 0 aliphatic carbocycles. The number of methoxy groups -OCH3 is 2. The van der Waals surface area contributed by atoms with Gasteiger partial charge in [-0.05, 0) is 30.3 Å². The molecule has 6 heteroatoms. The zero-order valence-electron chi connectivity index (χ0n) is 13.5. The van der Waals surface area contributed by atoms with E-state index in [1.54, 1.807) is 20.3 Å². The molecule has 1 aromatic heterocycles. The van der Waals surface area contributed by atoms with E-state index in [0.29, 0.717) is 29.0 Å². The summed E-state index contributed by atoms with van der Waals surface area (Å²) in [7, 11) is 3.18. The van der Waals surface area contributed by atoms with Gasteiger partial charge in [-0.2, -0.15) is 0 Å². The number of ether oxygens (including phenoxy) is 2. The predicted octanol–water partition coefficient (Wildman–Crippen LogP) is 3.49. The summed E-state index contributed by atoms with van der Waals surface area (Å²) in [4.78, 5) is 8.84. The SMILES string of the molecule is COc1ccc(-c2nc(N)cc(Nc3ccccc3)n2)cc1OC. The molecule has 0 amide bonds. The first-order valence-electron chi connectivity index (χ1n) is 7.38. The monoisotopic (exact) mass is 322 g/mol. The molecule has 0 fully saturated rings. The molecule has 0 aliphatic heterocycles. The lowest BCUT2D eigenvalue weighted by Crippen LogP contribution is -2.01. The van der Waals surface area contributed by atoms with Gasteiger partial charge in [-0.1, -0.05) is 18.2 Å². The van der Waals surface area contributed by atoms with E-state index in [4.69, 9.17) is 15.2 Å². The van der Waals surface area contributed by atoms with Crippen molar-refractivity contribution in [1.29, 1.82) is 0 Å². The summed E-state index contributed by atoms with van der Waals surface area (Å²) < 4.78 is 10.6. The second-order valence-electron chi connectivity index (χ2n) is 5.06. The number of hydrogen-bond acceptors (Lipinski definition) is 6. The van der Waals surface area contributed by atoms with Crippen LogP contribution in [0.1, 0.15) is 0 Å². The highest BCUT2D eigenvalue weighted by Crippen LogP contribution is 2.31. The molecule has 2 aromatic carbocycles. The summed E-state index contributed by atoms with van der Waals surface area (Å²) in [5.41, 5.74) is 7.64. The molecule has 0 saturated carbocycles. The minimum absolute atomic E-state index is 0.383. The van der Waals surface area contributed by atoms with Gasteiger partial charge in [0, 0.05) is 17.3 Å². The average molecular weight is 322 g/mol. The maximum absolute atomic E-state index is 5.93. The van der Waals surface area contributed by atoms with Gasteiger partial charge in [-0.15, -0.1) is 0 Å². The van der Waals surface area contributed by atoms with Crippen molar-refractivity contribution in [3.63, 3.8) is 0 Å². The van der Waals surface area contributed by atoms with Crippen LogP contribution >= 0.6 is 0 Å². The quantitative estimate of drug-likeness (QED) is 0.748. The Labute approximate surface area is 140 Å². The fourth-order valence-corrected chi connectivity index (χ4v) is 2.30. The lowest BCUT2D eigenvalue weighted by atomic mass is 10.2. The van der Waals surface area contributed by atoms with Crippen LogP contribution < -0.4 is 20.5 Å². The molecule has 1 heterocycles. The van der Waals surface area contributed by atoms with Crippen LogP contribution in [0.3, 0.4) is 0 Å². The Morgan fingerprint density at radius 2 is 1.62 bits per heavy atom. The number of nitrogen functional groups attached to an aromatic ring is 1. The van der Waals surface area contributed by atoms with Gasteiger partial charge in [-0.25, -0.2) is 9.97 Å². The first kappa shape index (κ1) is 15.6. The molecule has 0 unspecified atom stereocenters. The molecular weight excluding hydrogens is 304 g/mol. The Morgan fingerprint density at radius 1 is 0.875 bits per heavy atom. The first-order chi connectivity index (χ1) is 11.7. The largest absolute Gasteiger partial charge is 0.493 e. The van der Waals surface area contributed by atoms with Crippen LogP contribution in [0.15, 0.2) is 54.6 Å². The van der Waals surface area contributed by atoms with E-state index in [2.05, 4.69) is 15.3 Å². The molecule has 0 bridgehead atoms. The highest BCUT2D eigenvalue weighted by Gasteiger charge is 2.10. The van der Waals surface area contributed by atoms with E-state index in [9.17, 15) is 0 Å². The Hall–Kier alpha value is -3.28. The molecular formula is C18H18N4O2. The highest BCUT2D eigenvalue weighted by molar-refractivity contribution is 5.66. The standard InChI is InChI=1S/C18H18N4O2/c1-23-14-9-8-12(10-15(14)24-2)18-21-16(19)11-17(22-18)20-13-6-4-3-5-7-13/h3-11H,1-2H3,(H3,19,20,21,22). The summed E-state index contributed by atoms with van der Waals surface area (Å²) in [5, 5.41) is 3.22. The maximum atomic E-state index is 5.93. The Morgan fingerprint density at radius 3 is 2.33 bits per heavy atom. The summed E-state index contributed by atoms with van der Waals surface area (Å²) in [6.07, 6.45) is 0. The van der Waals surface area contributed by atoms with Crippen molar-refractivity contribution in [3.05, 3.63) is 54.6 Å². The van der Waals surface area contributed by atoms with E-state index in [1.165, 1.54) is 0 Å². The van der Waals surface area contributed by atoms with E-state index in [1.807, 2.05) is 48.5 Å². The average Bonchev–Trinajstić information content (AvgIpc) is 2.61. The van der Waals surface area contributed by atoms with Crippen molar-refractivity contribution in [1.82, 2.24) is 9.97 Å². The topological polar surface area (TPSA) is 82.3 Å². The number of nitrogens with one attached hydrogen (secondary N) is 1. The summed E-state index contributed by atoms with van der Waals surface area (Å²) in [6.45, 7) is 0. The van der Waals surface area contributed by atoms with Crippen LogP contribution in [0, 0.1) is 0 Å². The smallest absolute Gasteiger partial charge is 0.163 e. The maximum Gasteiger partial charge on any atom is 0.163 e. The van der Waals surface area contributed by atoms with Gasteiger partial charge in [0.2, 0.25) is 0 Å². The molecule has 0 saturated heterocycles. The van der Waals surface area contributed by atoms with Crippen LogP contribution in [-0.2, 0) is 0 Å². The number of para-hydroxylation sites is 1. The number of benzene rings is 2. The van der Waals surface area contributed by atoms with Crippen molar-refractivity contribution in [2.45, 2.75) is 0 Å². The van der Waals surface area contributed by atoms with Crippen molar-refractivity contribution in [2.75, 3.05) is 25.3 Å². The zero-order valence-corrected chi connectivity index (χ0v) is 13.5.